The third-order valence-electron chi connectivity index (χ3n) is 3.93. The molecule has 1 fully saturated rings. The fourth-order valence-corrected chi connectivity index (χ4v) is 2.69. The standard InChI is InChI=1S/C18H19FN2O3/c19-14-7-4-8-15(22)17(14)20-18(23)16-12-21(9-10-24-16)11-13-5-2-1-3-6-13/h1-8,16,22H,9-12H2,(H,20,23). The first-order valence-corrected chi connectivity index (χ1v) is 7.79. The summed E-state index contributed by atoms with van der Waals surface area (Å²) in [7, 11) is 0. The molecule has 1 atom stereocenters. The number of aromatic hydroxyl groups is 1. The summed E-state index contributed by atoms with van der Waals surface area (Å²) in [6.07, 6.45) is -0.707. The number of halogens is 1. The smallest absolute Gasteiger partial charge is 0.255 e. The number of carbonyl (C=O) groups is 1. The molecule has 24 heavy (non-hydrogen) atoms. The third-order valence-corrected chi connectivity index (χ3v) is 3.93. The summed E-state index contributed by atoms with van der Waals surface area (Å²) in [5, 5.41) is 12.1. The van der Waals surface area contributed by atoms with Crippen molar-refractivity contribution in [2.45, 2.75) is 12.6 Å². The van der Waals surface area contributed by atoms with Crippen molar-refractivity contribution < 1.29 is 19.0 Å². The van der Waals surface area contributed by atoms with E-state index in [4.69, 9.17) is 4.74 Å². The molecule has 3 rings (SSSR count). The fourth-order valence-electron chi connectivity index (χ4n) is 2.69. The van der Waals surface area contributed by atoms with Gasteiger partial charge in [0.25, 0.3) is 5.91 Å². The zero-order chi connectivity index (χ0) is 16.9. The number of anilines is 1. The SMILES string of the molecule is O=C(Nc1c(O)cccc1F)C1CN(Cc2ccccc2)CCO1. The summed E-state index contributed by atoms with van der Waals surface area (Å²) < 4.78 is 19.2. The highest BCUT2D eigenvalue weighted by Gasteiger charge is 2.27. The molecule has 0 radical (unpaired) electrons. The van der Waals surface area contributed by atoms with E-state index in [0.717, 1.165) is 18.7 Å². The summed E-state index contributed by atoms with van der Waals surface area (Å²) in [5.74, 6) is -1.45. The van der Waals surface area contributed by atoms with E-state index in [1.807, 2.05) is 30.3 Å². The van der Waals surface area contributed by atoms with Gasteiger partial charge in [0.05, 0.1) is 6.61 Å². The molecule has 1 aliphatic rings. The van der Waals surface area contributed by atoms with E-state index < -0.39 is 17.8 Å². The second-order valence-electron chi connectivity index (χ2n) is 5.70. The van der Waals surface area contributed by atoms with Gasteiger partial charge in [0.2, 0.25) is 0 Å². The molecule has 5 nitrogen and oxygen atoms in total. The molecule has 1 unspecified atom stereocenters. The number of phenols is 1. The zero-order valence-corrected chi connectivity index (χ0v) is 13.1. The van der Waals surface area contributed by atoms with E-state index in [1.54, 1.807) is 0 Å². The summed E-state index contributed by atoms with van der Waals surface area (Å²) in [4.78, 5) is 14.4. The lowest BCUT2D eigenvalue weighted by Gasteiger charge is -2.32. The molecular weight excluding hydrogens is 311 g/mol. The molecule has 6 heteroatoms. The normalized spacial score (nSPS) is 18.3. The van der Waals surface area contributed by atoms with Gasteiger partial charge in [-0.1, -0.05) is 36.4 Å². The van der Waals surface area contributed by atoms with Gasteiger partial charge >= 0.3 is 0 Å². The van der Waals surface area contributed by atoms with Crippen LogP contribution in [0.1, 0.15) is 5.56 Å². The molecule has 0 saturated carbocycles. The van der Waals surface area contributed by atoms with Crippen molar-refractivity contribution in [1.82, 2.24) is 4.90 Å². The van der Waals surface area contributed by atoms with Crippen molar-refractivity contribution in [2.24, 2.45) is 0 Å². The number of morpholine rings is 1. The number of amides is 1. The van der Waals surface area contributed by atoms with Crippen LogP contribution in [0.5, 0.6) is 5.75 Å². The van der Waals surface area contributed by atoms with Crippen LogP contribution >= 0.6 is 0 Å². The van der Waals surface area contributed by atoms with Crippen LogP contribution in [0.25, 0.3) is 0 Å². The Bertz CT molecular complexity index is 688. The summed E-state index contributed by atoms with van der Waals surface area (Å²) >= 11 is 0. The molecule has 1 amide bonds. The minimum absolute atomic E-state index is 0.216. The molecule has 126 valence electrons. The highest BCUT2D eigenvalue weighted by molar-refractivity contribution is 5.95. The highest BCUT2D eigenvalue weighted by atomic mass is 19.1. The van der Waals surface area contributed by atoms with Gasteiger partial charge in [-0.2, -0.15) is 0 Å². The van der Waals surface area contributed by atoms with Crippen molar-refractivity contribution in [3.8, 4) is 5.75 Å². The van der Waals surface area contributed by atoms with Crippen LogP contribution in [0.2, 0.25) is 0 Å². The van der Waals surface area contributed by atoms with Crippen LogP contribution in [-0.2, 0) is 16.1 Å². The molecule has 2 aromatic carbocycles. The predicted molar refractivity (Wildman–Crippen MR) is 88.2 cm³/mol. The highest BCUT2D eigenvalue weighted by Crippen LogP contribution is 2.26. The topological polar surface area (TPSA) is 61.8 Å². The maximum Gasteiger partial charge on any atom is 0.255 e. The molecule has 0 aliphatic carbocycles. The van der Waals surface area contributed by atoms with E-state index in [1.165, 1.54) is 18.2 Å². The number of para-hydroxylation sites is 1. The third kappa shape index (κ3) is 3.90. The van der Waals surface area contributed by atoms with E-state index in [0.29, 0.717) is 13.2 Å². The Morgan fingerprint density at radius 3 is 2.79 bits per heavy atom. The summed E-state index contributed by atoms with van der Waals surface area (Å²) in [5.41, 5.74) is 0.941. The number of hydrogen-bond donors (Lipinski definition) is 2. The summed E-state index contributed by atoms with van der Waals surface area (Å²) in [6.45, 7) is 2.28. The Kier molecular flexibility index (Phi) is 5.08. The van der Waals surface area contributed by atoms with E-state index in [-0.39, 0.29) is 11.4 Å². The van der Waals surface area contributed by atoms with Crippen molar-refractivity contribution in [3.05, 3.63) is 59.9 Å². The lowest BCUT2D eigenvalue weighted by molar-refractivity contribution is -0.133. The average molecular weight is 330 g/mol. The number of phenolic OH excluding ortho intramolecular Hbond substituents is 1. The second kappa shape index (κ2) is 7.42. The first-order chi connectivity index (χ1) is 11.6. The van der Waals surface area contributed by atoms with Gasteiger partial charge in [-0.25, -0.2) is 4.39 Å². The number of nitrogens with zero attached hydrogens (tertiary/aromatic N) is 1. The maximum absolute atomic E-state index is 13.7. The molecule has 0 spiro atoms. The second-order valence-corrected chi connectivity index (χ2v) is 5.70. The quantitative estimate of drug-likeness (QED) is 0.845. The van der Waals surface area contributed by atoms with Gasteiger partial charge < -0.3 is 15.2 Å². The number of rotatable bonds is 4. The van der Waals surface area contributed by atoms with Crippen LogP contribution in [-0.4, -0.2) is 41.7 Å². The lowest BCUT2D eigenvalue weighted by Crippen LogP contribution is -2.47. The van der Waals surface area contributed by atoms with Crippen LogP contribution in [0.4, 0.5) is 10.1 Å². The average Bonchev–Trinajstić information content (AvgIpc) is 2.59. The van der Waals surface area contributed by atoms with Gasteiger partial charge in [0.1, 0.15) is 17.5 Å². The van der Waals surface area contributed by atoms with E-state index >= 15 is 0 Å². The first-order valence-electron chi connectivity index (χ1n) is 7.79. The molecule has 0 aromatic heterocycles. The van der Waals surface area contributed by atoms with Gasteiger partial charge in [-0.05, 0) is 17.7 Å². The number of carbonyl (C=O) groups excluding carboxylic acids is 1. The van der Waals surface area contributed by atoms with Crippen molar-refractivity contribution >= 4 is 11.6 Å². The zero-order valence-electron chi connectivity index (χ0n) is 13.1. The van der Waals surface area contributed by atoms with Crippen molar-refractivity contribution in [1.29, 1.82) is 0 Å². The lowest BCUT2D eigenvalue weighted by atomic mass is 10.2. The largest absolute Gasteiger partial charge is 0.506 e. The van der Waals surface area contributed by atoms with Gasteiger partial charge in [0, 0.05) is 19.6 Å². The van der Waals surface area contributed by atoms with Crippen LogP contribution < -0.4 is 5.32 Å². The fraction of sp³-hybridized carbons (Fsp3) is 0.278. The molecule has 1 aliphatic heterocycles. The molecule has 2 N–H and O–H groups in total. The van der Waals surface area contributed by atoms with E-state index in [2.05, 4.69) is 10.2 Å². The van der Waals surface area contributed by atoms with Crippen molar-refractivity contribution in [3.63, 3.8) is 0 Å². The Labute approximate surface area is 139 Å². The first kappa shape index (κ1) is 16.4. The number of ether oxygens (including phenoxy) is 1. The van der Waals surface area contributed by atoms with E-state index in [9.17, 15) is 14.3 Å². The molecular formula is C18H19FN2O3. The monoisotopic (exact) mass is 330 g/mol. The Hall–Kier alpha value is -2.44. The van der Waals surface area contributed by atoms with Crippen LogP contribution in [0.3, 0.4) is 0 Å². The Morgan fingerprint density at radius 1 is 1.25 bits per heavy atom. The van der Waals surface area contributed by atoms with Gasteiger partial charge in [-0.15, -0.1) is 0 Å². The van der Waals surface area contributed by atoms with Gasteiger partial charge in [0.15, 0.2) is 5.82 Å². The summed E-state index contributed by atoms with van der Waals surface area (Å²) in [6, 6.07) is 13.8. The minimum Gasteiger partial charge on any atom is -0.506 e. The van der Waals surface area contributed by atoms with Gasteiger partial charge in [-0.3, -0.25) is 9.69 Å². The number of hydrogen-bond acceptors (Lipinski definition) is 4. The Morgan fingerprint density at radius 2 is 2.04 bits per heavy atom. The predicted octanol–water partition coefficient (Wildman–Crippen LogP) is 2.37. The van der Waals surface area contributed by atoms with Crippen molar-refractivity contribution in [2.75, 3.05) is 25.0 Å². The number of nitrogens with one attached hydrogen (secondary N) is 1. The minimum atomic E-state index is -0.707. The molecule has 0 bridgehead atoms. The molecule has 1 saturated heterocycles. The molecule has 1 heterocycles. The number of benzene rings is 2. The maximum atomic E-state index is 13.7. The van der Waals surface area contributed by atoms with Crippen LogP contribution in [0, 0.1) is 5.82 Å². The Balaban J connectivity index is 1.63. The van der Waals surface area contributed by atoms with Crippen LogP contribution in [0.15, 0.2) is 48.5 Å². The molecule has 2 aromatic rings.